The summed E-state index contributed by atoms with van der Waals surface area (Å²) in [4.78, 5) is 99.7. The third-order valence-electron chi connectivity index (χ3n) is 25.8. The lowest BCUT2D eigenvalue weighted by Crippen LogP contribution is -2.63. The second-order valence-corrected chi connectivity index (χ2v) is 43.8. The molecular weight excluding hydrogens is 1570 g/mol. The second-order valence-electron chi connectivity index (χ2n) is 43.8. The molecular formula is C105H205N7O13. The fraction of sp³-hybridized carbons (Fsp3) is 0.924. The van der Waals surface area contributed by atoms with Crippen molar-refractivity contribution in [2.45, 2.75) is 502 Å². The molecule has 7 N–H and O–H groups in total. The van der Waals surface area contributed by atoms with Gasteiger partial charge in [0.05, 0.1) is 79.0 Å². The molecule has 20 nitrogen and oxygen atoms in total. The van der Waals surface area contributed by atoms with E-state index in [1.165, 1.54) is 51.4 Å². The fourth-order valence-corrected chi connectivity index (χ4v) is 19.3. The van der Waals surface area contributed by atoms with E-state index in [0.717, 1.165) is 69.7 Å². The van der Waals surface area contributed by atoms with E-state index in [1.807, 2.05) is 55.4 Å². The number of Topliss-reactive ketones (excluding diaryl/α,β-unsaturated/α-hetero) is 6. The maximum Gasteiger partial charge on any atom is 0.220 e. The van der Waals surface area contributed by atoms with Crippen molar-refractivity contribution in [1.82, 2.24) is 37.2 Å². The number of carbonyl (C=O) groups excluding carboxylic acids is 8. The van der Waals surface area contributed by atoms with E-state index >= 15 is 0 Å². The van der Waals surface area contributed by atoms with Crippen LogP contribution in [0, 0.1) is 99.6 Å². The van der Waals surface area contributed by atoms with Crippen LogP contribution in [0.4, 0.5) is 0 Å². The van der Waals surface area contributed by atoms with Crippen LogP contribution >= 0.6 is 0 Å². The standard InChI is InChI=1S/C34H62O4.C30H53N3O6.2C14H30N2O.C12H26O.CH4/c1-20(2)35-19-24(9)27-12-13-28-32-29(18-31(34(27,28)11)38-23(7)8)33(10)15-14-26(36-21(3)4)16-25(33)17-30(32)37-22(5)6;1-17(2)25(34)14-11-23(29(38)19(5)6)32-27(36)16-13-24(30(39)20(7)8)33-26(35)15-12-22(31-21(9)10)28(37)18(3)4;2*1-10(2)14(17)13(16-12(5)6)8-7-9-15-11(3)4;1-9(2)7-12(10(3)4)8-13-11(5)6;/h20-32H,12-19H2,1-11H3;17-24,31H,11-16H2,1-10H3,(H,32,36)(H,33,35);2*10-13,15-16H,7-9H2,1-6H3;9-12H,7-8H2,1-6H3;1H4/t24-,25?,26?,27?,28?,29?,30?,31?,32?,33?,34?;;;;;/m1...../s1. The third-order valence-corrected chi connectivity index (χ3v) is 25.8. The number of nitrogens with one attached hydrogen (secondary N) is 7. The van der Waals surface area contributed by atoms with Crippen molar-refractivity contribution in [3.63, 3.8) is 0 Å². The Labute approximate surface area is 769 Å². The molecule has 4 fully saturated rings. The molecule has 0 radical (unpaired) electrons. The van der Waals surface area contributed by atoms with Crippen LogP contribution in [-0.2, 0) is 62.0 Å². The highest BCUT2D eigenvalue weighted by Gasteiger charge is 2.67. The van der Waals surface area contributed by atoms with E-state index in [4.69, 9.17) is 23.7 Å². The second kappa shape index (κ2) is 62.9. The average Bonchev–Trinajstić information content (AvgIpc) is 1.64. The molecule has 0 saturated heterocycles. The predicted octanol–water partition coefficient (Wildman–Crippen LogP) is 20.9. The van der Waals surface area contributed by atoms with E-state index in [-0.39, 0.29) is 146 Å². The average molecular weight is 1770 g/mol. The summed E-state index contributed by atoms with van der Waals surface area (Å²) in [6, 6.07) is -0.225. The van der Waals surface area contributed by atoms with Gasteiger partial charge in [0.2, 0.25) is 11.8 Å². The number of fused-ring (bicyclic) bond motifs is 5. The molecule has 16 unspecified atom stereocenters. The van der Waals surface area contributed by atoms with Gasteiger partial charge in [-0.05, 0) is 237 Å². The van der Waals surface area contributed by atoms with Crippen LogP contribution in [0.1, 0.15) is 393 Å². The number of carbonyl (C=O) groups is 8. The number of ether oxygens (including phenoxy) is 5. The van der Waals surface area contributed by atoms with Gasteiger partial charge in [0.1, 0.15) is 5.78 Å². The predicted molar refractivity (Wildman–Crippen MR) is 523 cm³/mol. The normalized spacial score (nSPS) is 23.0. The van der Waals surface area contributed by atoms with Crippen LogP contribution in [0.15, 0.2) is 0 Å². The maximum absolute atomic E-state index is 12.8. The monoisotopic (exact) mass is 1770 g/mol. The summed E-state index contributed by atoms with van der Waals surface area (Å²) in [5.41, 5.74) is 0.521. The first kappa shape index (κ1) is 124. The molecule has 738 valence electrons. The van der Waals surface area contributed by atoms with Gasteiger partial charge in [0.15, 0.2) is 28.9 Å². The number of rotatable bonds is 54. The van der Waals surface area contributed by atoms with Gasteiger partial charge in [0, 0.05) is 104 Å². The Bertz CT molecular complexity index is 2910. The zero-order valence-electron chi connectivity index (χ0n) is 87.4. The first-order chi connectivity index (χ1) is 57.3. The van der Waals surface area contributed by atoms with Gasteiger partial charge < -0.3 is 60.9 Å². The van der Waals surface area contributed by atoms with Crippen molar-refractivity contribution in [3.8, 4) is 0 Å². The van der Waals surface area contributed by atoms with E-state index in [9.17, 15) is 38.4 Å². The third kappa shape index (κ3) is 47.7. The van der Waals surface area contributed by atoms with Crippen LogP contribution in [0.25, 0.3) is 0 Å². The molecule has 0 aromatic rings. The minimum atomic E-state index is -0.859. The minimum Gasteiger partial charge on any atom is -0.379 e. The summed E-state index contributed by atoms with van der Waals surface area (Å²) in [5, 5.41) is 22.2. The van der Waals surface area contributed by atoms with Gasteiger partial charge in [-0.2, -0.15) is 0 Å². The Morgan fingerprint density at radius 2 is 0.768 bits per heavy atom. The van der Waals surface area contributed by atoms with Crippen molar-refractivity contribution >= 4 is 46.5 Å². The molecule has 2 amide bonds. The highest BCUT2D eigenvalue weighted by molar-refractivity contribution is 5.93. The smallest absolute Gasteiger partial charge is 0.220 e. The van der Waals surface area contributed by atoms with Gasteiger partial charge in [-0.15, -0.1) is 0 Å². The lowest BCUT2D eigenvalue weighted by atomic mass is 9.43. The van der Waals surface area contributed by atoms with Crippen molar-refractivity contribution in [3.05, 3.63) is 0 Å². The molecule has 17 atom stereocenters. The largest absolute Gasteiger partial charge is 0.379 e. The van der Waals surface area contributed by atoms with E-state index < -0.39 is 24.0 Å². The Morgan fingerprint density at radius 1 is 0.384 bits per heavy atom. The quantitative estimate of drug-likeness (QED) is 0.0279. The number of amides is 2. The van der Waals surface area contributed by atoms with Crippen molar-refractivity contribution in [1.29, 1.82) is 0 Å². The Kier molecular flexibility index (Phi) is 62.2. The molecule has 20 heteroatoms. The van der Waals surface area contributed by atoms with Crippen LogP contribution in [0.2, 0.25) is 0 Å². The highest BCUT2D eigenvalue weighted by atomic mass is 16.5. The van der Waals surface area contributed by atoms with Crippen LogP contribution in [-0.4, -0.2) is 182 Å². The summed E-state index contributed by atoms with van der Waals surface area (Å²) < 4.78 is 32.1. The molecule has 0 spiro atoms. The molecule has 125 heavy (non-hydrogen) atoms. The van der Waals surface area contributed by atoms with Gasteiger partial charge >= 0.3 is 0 Å². The summed E-state index contributed by atoms with van der Waals surface area (Å²) in [6.45, 7) is 85.3. The van der Waals surface area contributed by atoms with Crippen LogP contribution < -0.4 is 37.2 Å². The zero-order valence-corrected chi connectivity index (χ0v) is 87.4. The van der Waals surface area contributed by atoms with Crippen molar-refractivity contribution < 1.29 is 62.0 Å². The molecule has 0 bridgehead atoms. The lowest BCUT2D eigenvalue weighted by Gasteiger charge is -2.65. The molecule has 4 rings (SSSR count). The Morgan fingerprint density at radius 3 is 1.13 bits per heavy atom. The van der Waals surface area contributed by atoms with Crippen LogP contribution in [0.5, 0.6) is 0 Å². The van der Waals surface area contributed by atoms with Gasteiger partial charge in [-0.1, -0.05) is 208 Å². The molecule has 0 heterocycles. The number of hydrogen-bond acceptors (Lipinski definition) is 18. The van der Waals surface area contributed by atoms with Crippen LogP contribution in [0.3, 0.4) is 0 Å². The topological polar surface area (TPSA) is 267 Å². The molecule has 0 aromatic carbocycles. The van der Waals surface area contributed by atoms with Gasteiger partial charge in [0.25, 0.3) is 0 Å². The van der Waals surface area contributed by atoms with E-state index in [2.05, 4.69) is 210 Å². The molecule has 4 aliphatic rings. The first-order valence-corrected chi connectivity index (χ1v) is 50.1. The molecule has 0 aromatic heterocycles. The maximum atomic E-state index is 12.8. The van der Waals surface area contributed by atoms with Crippen molar-refractivity contribution in [2.24, 2.45) is 99.6 Å². The highest BCUT2D eigenvalue weighted by Crippen LogP contribution is 2.69. The summed E-state index contributed by atoms with van der Waals surface area (Å²) in [5.74, 6) is 4.89. The van der Waals surface area contributed by atoms with Crippen molar-refractivity contribution in [2.75, 3.05) is 26.3 Å². The van der Waals surface area contributed by atoms with Gasteiger partial charge in [-0.25, -0.2) is 0 Å². The number of hydrogen-bond donors (Lipinski definition) is 7. The fourth-order valence-electron chi connectivity index (χ4n) is 19.3. The summed E-state index contributed by atoms with van der Waals surface area (Å²) >= 11 is 0. The Balaban J connectivity index is 0. The number of ketones is 6. The summed E-state index contributed by atoms with van der Waals surface area (Å²) in [7, 11) is 0. The first-order valence-electron chi connectivity index (χ1n) is 50.1. The SMILES string of the molecule is C.CC(C)CC(COC(C)C)C(C)C.CC(C)NC(CCC(=O)NC(CCC(=O)NC(CCC(=O)C(C)C)C(=O)C(C)C)C(=O)C(C)C)C(=O)C(C)C.CC(C)NCCCC(NC(C)C)C(=O)C(C)C.CC(C)NCCCC(NC(C)C)C(=O)C(C)C.CC(C)OC[C@@H](C)C1CCC2C3C(OC(C)C)CC4CC(OC(C)C)CCC4(C)C3CC(OC(C)C)C21C. The molecule has 0 aliphatic heterocycles. The lowest BCUT2D eigenvalue weighted by molar-refractivity contribution is -0.238. The molecule has 4 saturated carbocycles. The van der Waals surface area contributed by atoms with Gasteiger partial charge in [-0.3, -0.25) is 38.4 Å². The minimum absolute atomic E-state index is 0. The van der Waals surface area contributed by atoms with E-state index in [0.29, 0.717) is 114 Å². The van der Waals surface area contributed by atoms with E-state index in [1.54, 1.807) is 41.5 Å². The molecule has 4 aliphatic carbocycles. The summed E-state index contributed by atoms with van der Waals surface area (Å²) in [6.07, 6.45) is 17.2. The Hall–Kier alpha value is -3.44. The zero-order chi connectivity index (χ0) is 95.7.